The highest BCUT2D eigenvalue weighted by Gasteiger charge is 2.32. The fourth-order valence-electron chi connectivity index (χ4n) is 3.57. The van der Waals surface area contributed by atoms with Gasteiger partial charge in [-0.1, -0.05) is 17.2 Å². The van der Waals surface area contributed by atoms with Crippen molar-refractivity contribution in [3.05, 3.63) is 39.5 Å². The first kappa shape index (κ1) is 17.9. The van der Waals surface area contributed by atoms with E-state index in [1.807, 2.05) is 25.1 Å². The van der Waals surface area contributed by atoms with Crippen LogP contribution < -0.4 is 5.32 Å². The van der Waals surface area contributed by atoms with Gasteiger partial charge in [-0.15, -0.1) is 11.8 Å². The summed E-state index contributed by atoms with van der Waals surface area (Å²) in [5.74, 6) is 0.858. The maximum atomic E-state index is 12.8. The van der Waals surface area contributed by atoms with Gasteiger partial charge < -0.3 is 15.2 Å². The van der Waals surface area contributed by atoms with Gasteiger partial charge in [0.25, 0.3) is 0 Å². The molecule has 0 spiro atoms. The smallest absolute Gasteiger partial charge is 0.234 e. The van der Waals surface area contributed by atoms with Crippen molar-refractivity contribution in [3.63, 3.8) is 0 Å². The van der Waals surface area contributed by atoms with E-state index in [4.69, 9.17) is 11.6 Å². The first-order valence-corrected chi connectivity index (χ1v) is 10.3. The Morgan fingerprint density at radius 1 is 1.42 bits per heavy atom. The summed E-state index contributed by atoms with van der Waals surface area (Å²) in [7, 11) is 2.17. The van der Waals surface area contributed by atoms with Crippen molar-refractivity contribution in [1.29, 1.82) is 0 Å². The topological polar surface area (TPSA) is 61.0 Å². The molecule has 2 atom stereocenters. The summed E-state index contributed by atoms with van der Waals surface area (Å²) >= 11 is 7.79. The molecule has 1 aromatic heterocycles. The number of carbonyl (C=O) groups excluding carboxylic acids is 1. The predicted octanol–water partition coefficient (Wildman–Crippen LogP) is 3.88. The zero-order valence-corrected chi connectivity index (χ0v) is 16.6. The quantitative estimate of drug-likeness (QED) is 0.834. The number of H-pyrrole nitrogens is 1. The fraction of sp³-hybridized carbons (Fsp3) is 0.474. The van der Waals surface area contributed by atoms with Gasteiger partial charge in [0.2, 0.25) is 5.91 Å². The molecule has 5 nitrogen and oxygen atoms in total. The van der Waals surface area contributed by atoms with Gasteiger partial charge >= 0.3 is 0 Å². The van der Waals surface area contributed by atoms with Crippen LogP contribution in [0, 0.1) is 0 Å². The summed E-state index contributed by atoms with van der Waals surface area (Å²) in [6, 6.07) is 5.40. The van der Waals surface area contributed by atoms with E-state index in [2.05, 4.69) is 27.2 Å². The van der Waals surface area contributed by atoms with E-state index in [-0.39, 0.29) is 17.2 Å². The van der Waals surface area contributed by atoms with Crippen LogP contribution in [-0.2, 0) is 4.79 Å². The fourth-order valence-corrected chi connectivity index (χ4v) is 5.11. The maximum Gasteiger partial charge on any atom is 0.234 e. The Bertz CT molecular complexity index is 858. The number of aromatic amines is 1. The molecule has 1 aromatic carbocycles. The number of aromatic nitrogens is 2. The second-order valence-corrected chi connectivity index (χ2v) is 8.89. The number of hydrogen-bond acceptors (Lipinski definition) is 4. The van der Waals surface area contributed by atoms with Crippen LogP contribution in [0.4, 0.5) is 0 Å². The number of rotatable bonds is 3. The molecule has 4 rings (SSSR count). The van der Waals surface area contributed by atoms with Gasteiger partial charge in [0.1, 0.15) is 5.82 Å². The summed E-state index contributed by atoms with van der Waals surface area (Å²) in [5.41, 5.74) is 3.23. The number of benzene rings is 1. The SMILES string of the molecule is CC(NC(=O)C1CC2=C(CCN(C)CC2)S1)c1nc2ccc(Cl)cc2[nH]1. The summed E-state index contributed by atoms with van der Waals surface area (Å²) in [6.07, 6.45) is 3.03. The van der Waals surface area contributed by atoms with Gasteiger partial charge in [-0.25, -0.2) is 4.98 Å². The summed E-state index contributed by atoms with van der Waals surface area (Å²) in [4.78, 5) is 24.4. The first-order valence-electron chi connectivity index (χ1n) is 9.01. The molecule has 0 fully saturated rings. The second-order valence-electron chi connectivity index (χ2n) is 7.15. The van der Waals surface area contributed by atoms with Crippen molar-refractivity contribution in [2.45, 2.75) is 37.5 Å². The molecule has 0 bridgehead atoms. The van der Waals surface area contributed by atoms with E-state index >= 15 is 0 Å². The number of imidazole rings is 1. The van der Waals surface area contributed by atoms with Crippen LogP contribution in [0.3, 0.4) is 0 Å². The third kappa shape index (κ3) is 3.63. The number of nitrogens with one attached hydrogen (secondary N) is 2. The summed E-state index contributed by atoms with van der Waals surface area (Å²) in [6.45, 7) is 4.13. The zero-order valence-electron chi connectivity index (χ0n) is 15.0. The molecule has 138 valence electrons. The minimum Gasteiger partial charge on any atom is -0.345 e. The molecule has 2 aromatic rings. The van der Waals surface area contributed by atoms with Crippen LogP contribution in [0.5, 0.6) is 0 Å². The van der Waals surface area contributed by atoms with Crippen LogP contribution in [0.15, 0.2) is 28.7 Å². The monoisotopic (exact) mass is 390 g/mol. The largest absolute Gasteiger partial charge is 0.345 e. The molecule has 0 saturated heterocycles. The van der Waals surface area contributed by atoms with Crippen LogP contribution >= 0.6 is 23.4 Å². The summed E-state index contributed by atoms with van der Waals surface area (Å²) in [5, 5.41) is 3.79. The van der Waals surface area contributed by atoms with Gasteiger partial charge in [0.05, 0.1) is 22.3 Å². The van der Waals surface area contributed by atoms with E-state index in [0.29, 0.717) is 5.02 Å². The van der Waals surface area contributed by atoms with Crippen LogP contribution in [0.1, 0.15) is 38.1 Å². The lowest BCUT2D eigenvalue weighted by Crippen LogP contribution is -2.34. The molecule has 3 heterocycles. The highest BCUT2D eigenvalue weighted by molar-refractivity contribution is 8.04. The second kappa shape index (κ2) is 7.25. The third-order valence-electron chi connectivity index (χ3n) is 5.15. The Balaban J connectivity index is 1.40. The van der Waals surface area contributed by atoms with Gasteiger partial charge in [-0.05, 0) is 56.3 Å². The van der Waals surface area contributed by atoms with Crippen LogP contribution in [-0.4, -0.2) is 46.2 Å². The van der Waals surface area contributed by atoms with Gasteiger partial charge in [-0.2, -0.15) is 0 Å². The molecule has 0 saturated carbocycles. The van der Waals surface area contributed by atoms with E-state index in [9.17, 15) is 4.79 Å². The molecule has 0 aliphatic carbocycles. The van der Waals surface area contributed by atoms with E-state index in [1.54, 1.807) is 11.8 Å². The van der Waals surface area contributed by atoms with Crippen LogP contribution in [0.25, 0.3) is 11.0 Å². The van der Waals surface area contributed by atoms with Crippen molar-refractivity contribution >= 4 is 40.3 Å². The Morgan fingerprint density at radius 3 is 3.08 bits per heavy atom. The summed E-state index contributed by atoms with van der Waals surface area (Å²) < 4.78 is 0. The Labute approximate surface area is 162 Å². The van der Waals surface area contributed by atoms with Gasteiger partial charge in [0.15, 0.2) is 0 Å². The molecule has 0 radical (unpaired) electrons. The Kier molecular flexibility index (Phi) is 4.99. The number of nitrogens with zero attached hydrogens (tertiary/aromatic N) is 2. The Morgan fingerprint density at radius 2 is 2.23 bits per heavy atom. The molecule has 1 amide bonds. The van der Waals surface area contributed by atoms with Crippen LogP contribution in [0.2, 0.25) is 5.02 Å². The molecule has 7 heteroatoms. The Hall–Kier alpha value is -1.50. The average molecular weight is 391 g/mol. The van der Waals surface area contributed by atoms with Crippen molar-refractivity contribution in [3.8, 4) is 0 Å². The van der Waals surface area contributed by atoms with Crippen molar-refractivity contribution in [1.82, 2.24) is 20.2 Å². The number of thioether (sulfide) groups is 1. The number of halogens is 1. The predicted molar refractivity (Wildman–Crippen MR) is 107 cm³/mol. The molecular weight excluding hydrogens is 368 g/mol. The van der Waals surface area contributed by atoms with Crippen molar-refractivity contribution in [2.75, 3.05) is 20.1 Å². The number of amides is 1. The molecule has 26 heavy (non-hydrogen) atoms. The molecule has 2 aliphatic heterocycles. The lowest BCUT2D eigenvalue weighted by atomic mass is 10.1. The third-order valence-corrected chi connectivity index (χ3v) is 6.83. The molecule has 2 N–H and O–H groups in total. The number of carbonyl (C=O) groups is 1. The van der Waals surface area contributed by atoms with E-state index in [0.717, 1.165) is 49.2 Å². The normalized spacial score (nSPS) is 22.3. The standard InChI is InChI=1S/C19H23ClN4OS/c1-11(18-22-14-4-3-13(20)10-15(14)23-18)21-19(25)17-9-12-5-7-24(2)8-6-16(12)26-17/h3-4,10-11,17H,5-9H2,1-2H3,(H,21,25)(H,22,23). The highest BCUT2D eigenvalue weighted by atomic mass is 35.5. The first-order chi connectivity index (χ1) is 12.5. The van der Waals surface area contributed by atoms with Crippen molar-refractivity contribution in [2.24, 2.45) is 0 Å². The highest BCUT2D eigenvalue weighted by Crippen LogP contribution is 2.42. The molecular formula is C19H23ClN4OS. The average Bonchev–Trinajstić information content (AvgIpc) is 3.17. The number of fused-ring (bicyclic) bond motifs is 1. The van der Waals surface area contributed by atoms with Gasteiger partial charge in [0, 0.05) is 18.1 Å². The lowest BCUT2D eigenvalue weighted by Gasteiger charge is -2.17. The van der Waals surface area contributed by atoms with E-state index in [1.165, 1.54) is 10.5 Å². The lowest BCUT2D eigenvalue weighted by molar-refractivity contribution is -0.121. The molecule has 2 aliphatic rings. The minimum absolute atomic E-state index is 0.00956. The number of hydrogen-bond donors (Lipinski definition) is 2. The maximum absolute atomic E-state index is 12.8. The molecule has 2 unspecified atom stereocenters. The minimum atomic E-state index is -0.166. The zero-order chi connectivity index (χ0) is 18.3. The van der Waals surface area contributed by atoms with E-state index < -0.39 is 0 Å². The van der Waals surface area contributed by atoms with Gasteiger partial charge in [-0.3, -0.25) is 4.79 Å². The van der Waals surface area contributed by atoms with Crippen molar-refractivity contribution < 1.29 is 4.79 Å².